The van der Waals surface area contributed by atoms with Crippen molar-refractivity contribution in [1.29, 1.82) is 0 Å². The molecule has 1 N–H and O–H groups in total. The van der Waals surface area contributed by atoms with Gasteiger partial charge in [0.05, 0.1) is 31.0 Å². The number of methoxy groups -OCH3 is 1. The Morgan fingerprint density at radius 2 is 2.33 bits per heavy atom. The summed E-state index contributed by atoms with van der Waals surface area (Å²) < 4.78 is 10.6. The molecule has 0 spiro atoms. The van der Waals surface area contributed by atoms with Crippen LogP contribution in [0.2, 0.25) is 0 Å². The van der Waals surface area contributed by atoms with E-state index < -0.39 is 0 Å². The lowest BCUT2D eigenvalue weighted by Crippen LogP contribution is -2.38. The molecule has 1 atom stereocenters. The van der Waals surface area contributed by atoms with Gasteiger partial charge < -0.3 is 19.4 Å². The number of amides is 1. The number of carbonyl (C=O) groups is 1. The summed E-state index contributed by atoms with van der Waals surface area (Å²) in [6.07, 6.45) is 3.62. The Labute approximate surface area is 141 Å². The van der Waals surface area contributed by atoms with Crippen LogP contribution in [0.4, 0.5) is 5.82 Å². The Bertz CT molecular complexity index is 685. The fourth-order valence-corrected chi connectivity index (χ4v) is 3.07. The lowest BCUT2D eigenvalue weighted by molar-refractivity contribution is 0.0631. The molecule has 1 aliphatic heterocycles. The quantitative estimate of drug-likeness (QED) is 0.882. The van der Waals surface area contributed by atoms with Crippen molar-refractivity contribution in [1.82, 2.24) is 9.88 Å². The van der Waals surface area contributed by atoms with Gasteiger partial charge in [-0.15, -0.1) is 0 Å². The van der Waals surface area contributed by atoms with Crippen LogP contribution in [0.25, 0.3) is 0 Å². The van der Waals surface area contributed by atoms with Gasteiger partial charge in [0.25, 0.3) is 5.91 Å². The molecule has 0 unspecified atom stereocenters. The van der Waals surface area contributed by atoms with Crippen LogP contribution in [0.5, 0.6) is 0 Å². The number of carbonyl (C=O) groups excluding carboxylic acids is 1. The number of ether oxygens (including phenoxy) is 1. The number of furan rings is 1. The molecule has 128 valence electrons. The Hall–Kier alpha value is -2.34. The molecule has 24 heavy (non-hydrogen) atoms. The highest BCUT2D eigenvalue weighted by atomic mass is 16.5. The first-order chi connectivity index (χ1) is 11.7. The molecule has 6 heteroatoms. The van der Waals surface area contributed by atoms with Crippen LogP contribution < -0.4 is 5.32 Å². The molecule has 0 aliphatic carbocycles. The van der Waals surface area contributed by atoms with Gasteiger partial charge in [0.1, 0.15) is 11.6 Å². The summed E-state index contributed by atoms with van der Waals surface area (Å²) in [6, 6.07) is 7.58. The number of hydrogen-bond acceptors (Lipinski definition) is 5. The van der Waals surface area contributed by atoms with Crippen molar-refractivity contribution in [3.8, 4) is 0 Å². The predicted molar refractivity (Wildman–Crippen MR) is 90.9 cm³/mol. The Morgan fingerprint density at radius 1 is 1.46 bits per heavy atom. The maximum absolute atomic E-state index is 13.0. The zero-order valence-corrected chi connectivity index (χ0v) is 14.1. The standard InChI is InChI=1S/C18H23N3O3/c1-13-7-8-16(17(20-13)19-11-15-6-4-10-24-15)18(22)21-9-3-5-14(21)12-23-2/h4,6-8,10,14H,3,5,9,11-12H2,1-2H3,(H,19,20)/t14-/m1/s1. The first-order valence-electron chi connectivity index (χ1n) is 8.23. The van der Waals surface area contributed by atoms with Crippen molar-refractivity contribution in [3.05, 3.63) is 47.5 Å². The van der Waals surface area contributed by atoms with Crippen LogP contribution >= 0.6 is 0 Å². The number of nitrogens with one attached hydrogen (secondary N) is 1. The van der Waals surface area contributed by atoms with Crippen molar-refractivity contribution < 1.29 is 13.9 Å². The van der Waals surface area contributed by atoms with Gasteiger partial charge in [-0.2, -0.15) is 0 Å². The lowest BCUT2D eigenvalue weighted by atomic mass is 10.1. The molecular weight excluding hydrogens is 306 g/mol. The summed E-state index contributed by atoms with van der Waals surface area (Å²) in [7, 11) is 1.67. The Morgan fingerprint density at radius 3 is 3.08 bits per heavy atom. The minimum absolute atomic E-state index is 0.00370. The molecule has 3 rings (SSSR count). The smallest absolute Gasteiger partial charge is 0.257 e. The van der Waals surface area contributed by atoms with Crippen LogP contribution in [0, 0.1) is 6.92 Å². The van der Waals surface area contributed by atoms with Crippen LogP contribution in [-0.2, 0) is 11.3 Å². The van der Waals surface area contributed by atoms with Crippen molar-refractivity contribution in [3.63, 3.8) is 0 Å². The maximum atomic E-state index is 13.0. The van der Waals surface area contributed by atoms with Crippen molar-refractivity contribution in [2.24, 2.45) is 0 Å². The fourth-order valence-electron chi connectivity index (χ4n) is 3.07. The number of aryl methyl sites for hydroxylation is 1. The molecule has 1 saturated heterocycles. The van der Waals surface area contributed by atoms with E-state index in [1.165, 1.54) is 0 Å². The molecular formula is C18H23N3O3. The van der Waals surface area contributed by atoms with E-state index in [1.54, 1.807) is 13.4 Å². The topological polar surface area (TPSA) is 67.6 Å². The fraction of sp³-hybridized carbons (Fsp3) is 0.444. The Kier molecular flexibility index (Phi) is 5.15. The van der Waals surface area contributed by atoms with E-state index in [2.05, 4.69) is 10.3 Å². The lowest BCUT2D eigenvalue weighted by Gasteiger charge is -2.25. The van der Waals surface area contributed by atoms with Gasteiger partial charge in [0.2, 0.25) is 0 Å². The number of hydrogen-bond donors (Lipinski definition) is 1. The van der Waals surface area contributed by atoms with Crippen LogP contribution in [0.1, 0.15) is 34.7 Å². The van der Waals surface area contributed by atoms with Gasteiger partial charge in [-0.05, 0) is 44.0 Å². The van der Waals surface area contributed by atoms with Gasteiger partial charge in [-0.3, -0.25) is 4.79 Å². The number of anilines is 1. The number of rotatable bonds is 6. The van der Waals surface area contributed by atoms with Gasteiger partial charge >= 0.3 is 0 Å². The first kappa shape index (κ1) is 16.5. The third-order valence-corrected chi connectivity index (χ3v) is 4.27. The molecule has 2 aromatic heterocycles. The van der Waals surface area contributed by atoms with E-state index in [1.807, 2.05) is 36.1 Å². The van der Waals surface area contributed by atoms with E-state index in [-0.39, 0.29) is 11.9 Å². The number of likely N-dealkylation sites (tertiary alicyclic amines) is 1. The van der Waals surface area contributed by atoms with Crippen molar-refractivity contribution >= 4 is 11.7 Å². The number of aromatic nitrogens is 1. The number of pyridine rings is 1. The molecule has 0 bridgehead atoms. The summed E-state index contributed by atoms with van der Waals surface area (Å²) in [5.74, 6) is 1.40. The second-order valence-corrected chi connectivity index (χ2v) is 6.03. The summed E-state index contributed by atoms with van der Waals surface area (Å²) in [4.78, 5) is 19.4. The third-order valence-electron chi connectivity index (χ3n) is 4.27. The minimum Gasteiger partial charge on any atom is -0.467 e. The van der Waals surface area contributed by atoms with E-state index >= 15 is 0 Å². The highest BCUT2D eigenvalue weighted by Gasteiger charge is 2.30. The van der Waals surface area contributed by atoms with Crippen LogP contribution in [-0.4, -0.2) is 42.1 Å². The molecule has 0 aromatic carbocycles. The molecule has 3 heterocycles. The minimum atomic E-state index is 0.00370. The average molecular weight is 329 g/mol. The van der Waals surface area contributed by atoms with E-state index in [4.69, 9.17) is 9.15 Å². The first-order valence-corrected chi connectivity index (χ1v) is 8.23. The van der Waals surface area contributed by atoms with Crippen LogP contribution in [0.15, 0.2) is 34.9 Å². The molecule has 1 amide bonds. The highest BCUT2D eigenvalue weighted by molar-refractivity contribution is 5.99. The molecule has 0 radical (unpaired) electrons. The van der Waals surface area contributed by atoms with E-state index in [9.17, 15) is 4.79 Å². The molecule has 1 aliphatic rings. The SMILES string of the molecule is COC[C@H]1CCCN1C(=O)c1ccc(C)nc1NCc1ccco1. The monoisotopic (exact) mass is 329 g/mol. The largest absolute Gasteiger partial charge is 0.467 e. The summed E-state index contributed by atoms with van der Waals surface area (Å²) >= 11 is 0. The average Bonchev–Trinajstić information content (AvgIpc) is 3.24. The van der Waals surface area contributed by atoms with Crippen LogP contribution in [0.3, 0.4) is 0 Å². The van der Waals surface area contributed by atoms with Crippen molar-refractivity contribution in [2.75, 3.05) is 25.6 Å². The van der Waals surface area contributed by atoms with Gasteiger partial charge in [0, 0.05) is 19.3 Å². The molecule has 0 saturated carbocycles. The predicted octanol–water partition coefficient (Wildman–Crippen LogP) is 2.85. The zero-order chi connectivity index (χ0) is 16.9. The highest BCUT2D eigenvalue weighted by Crippen LogP contribution is 2.24. The second kappa shape index (κ2) is 7.49. The zero-order valence-electron chi connectivity index (χ0n) is 14.1. The van der Waals surface area contributed by atoms with Gasteiger partial charge in [-0.1, -0.05) is 0 Å². The Balaban J connectivity index is 1.80. The molecule has 1 fully saturated rings. The van der Waals surface area contributed by atoms with Gasteiger partial charge in [0.15, 0.2) is 0 Å². The summed E-state index contributed by atoms with van der Waals surface area (Å²) in [5, 5.41) is 3.22. The van der Waals surface area contributed by atoms with Gasteiger partial charge in [-0.25, -0.2) is 4.98 Å². The second-order valence-electron chi connectivity index (χ2n) is 6.03. The van der Waals surface area contributed by atoms with Crippen molar-refractivity contribution in [2.45, 2.75) is 32.4 Å². The van der Waals surface area contributed by atoms with E-state index in [0.29, 0.717) is 24.5 Å². The number of nitrogens with zero attached hydrogens (tertiary/aromatic N) is 2. The summed E-state index contributed by atoms with van der Waals surface area (Å²) in [5.41, 5.74) is 1.46. The normalized spacial score (nSPS) is 17.2. The van der Waals surface area contributed by atoms with E-state index in [0.717, 1.165) is 30.8 Å². The molecule has 6 nitrogen and oxygen atoms in total. The summed E-state index contributed by atoms with van der Waals surface area (Å²) in [6.45, 7) is 3.74. The maximum Gasteiger partial charge on any atom is 0.257 e. The molecule has 2 aromatic rings. The third kappa shape index (κ3) is 3.59.